The number of benzene rings is 1. The molecule has 2 rings (SSSR count). The van der Waals surface area contributed by atoms with E-state index in [4.69, 9.17) is 11.6 Å². The number of likely N-dealkylation sites (tertiary alicyclic amines) is 1. The molecule has 1 heterocycles. The summed E-state index contributed by atoms with van der Waals surface area (Å²) >= 11 is 6.20. The number of hydrogen-bond acceptors (Lipinski definition) is 2. The quantitative estimate of drug-likeness (QED) is 0.858. The van der Waals surface area contributed by atoms with E-state index >= 15 is 0 Å². The zero-order chi connectivity index (χ0) is 11.5. The zero-order valence-corrected chi connectivity index (χ0v) is 10.4. The molecule has 1 aromatic rings. The van der Waals surface area contributed by atoms with E-state index in [0.29, 0.717) is 0 Å². The third kappa shape index (κ3) is 2.97. The highest BCUT2D eigenvalue weighted by Gasteiger charge is 2.17. The van der Waals surface area contributed by atoms with Gasteiger partial charge in [0, 0.05) is 24.7 Å². The molecule has 0 amide bonds. The number of nitrogens with zero attached hydrogens (tertiary/aromatic N) is 1. The van der Waals surface area contributed by atoms with Crippen molar-refractivity contribution in [3.05, 3.63) is 34.3 Å². The average Bonchev–Trinajstić information content (AvgIpc) is 2.25. The lowest BCUT2D eigenvalue weighted by Gasteiger charge is -2.29. The first-order valence-electron chi connectivity index (χ1n) is 5.80. The number of aryl methyl sites for hydroxylation is 1. The third-order valence-electron chi connectivity index (χ3n) is 3.16. The number of rotatable bonds is 2. The van der Waals surface area contributed by atoms with Gasteiger partial charge in [-0.05, 0) is 37.0 Å². The van der Waals surface area contributed by atoms with Crippen LogP contribution in [-0.4, -0.2) is 29.2 Å². The molecule has 88 valence electrons. The summed E-state index contributed by atoms with van der Waals surface area (Å²) < 4.78 is 0. The van der Waals surface area contributed by atoms with E-state index in [1.54, 1.807) is 0 Å². The van der Waals surface area contributed by atoms with Crippen molar-refractivity contribution in [2.75, 3.05) is 13.1 Å². The van der Waals surface area contributed by atoms with Gasteiger partial charge < -0.3 is 5.11 Å². The van der Waals surface area contributed by atoms with Crippen LogP contribution in [0.1, 0.15) is 24.0 Å². The van der Waals surface area contributed by atoms with Gasteiger partial charge in [-0.15, -0.1) is 0 Å². The second kappa shape index (κ2) is 5.17. The molecule has 0 saturated carbocycles. The Morgan fingerprint density at radius 3 is 2.69 bits per heavy atom. The first kappa shape index (κ1) is 11.9. The number of hydrogen-bond donors (Lipinski definition) is 1. The van der Waals surface area contributed by atoms with Gasteiger partial charge in [0.25, 0.3) is 0 Å². The first-order valence-corrected chi connectivity index (χ1v) is 6.18. The lowest BCUT2D eigenvalue weighted by atomic mass is 10.1. The Kier molecular flexibility index (Phi) is 3.85. The number of piperidine rings is 1. The Hall–Kier alpha value is -0.570. The summed E-state index contributed by atoms with van der Waals surface area (Å²) in [4.78, 5) is 2.35. The Bertz CT molecular complexity index is 359. The molecule has 0 atom stereocenters. The Morgan fingerprint density at radius 1 is 1.38 bits per heavy atom. The molecule has 1 fully saturated rings. The fourth-order valence-corrected chi connectivity index (χ4v) is 2.39. The highest BCUT2D eigenvalue weighted by atomic mass is 35.5. The minimum Gasteiger partial charge on any atom is -0.393 e. The summed E-state index contributed by atoms with van der Waals surface area (Å²) in [6.45, 7) is 4.87. The van der Waals surface area contributed by atoms with Gasteiger partial charge in [-0.1, -0.05) is 23.7 Å². The van der Waals surface area contributed by atoms with Crippen LogP contribution in [0.3, 0.4) is 0 Å². The molecule has 0 radical (unpaired) electrons. The molecule has 1 N–H and O–H groups in total. The third-order valence-corrected chi connectivity index (χ3v) is 3.51. The average molecular weight is 240 g/mol. The van der Waals surface area contributed by atoms with Crippen molar-refractivity contribution in [1.29, 1.82) is 0 Å². The van der Waals surface area contributed by atoms with E-state index < -0.39 is 0 Å². The molecule has 1 saturated heterocycles. The van der Waals surface area contributed by atoms with Crippen molar-refractivity contribution in [3.8, 4) is 0 Å². The van der Waals surface area contributed by atoms with Gasteiger partial charge in [0.15, 0.2) is 0 Å². The van der Waals surface area contributed by atoms with Crippen molar-refractivity contribution in [3.63, 3.8) is 0 Å². The van der Waals surface area contributed by atoms with Gasteiger partial charge in [-0.25, -0.2) is 0 Å². The predicted octanol–water partition coefficient (Wildman–Crippen LogP) is 2.61. The summed E-state index contributed by atoms with van der Waals surface area (Å²) in [7, 11) is 0. The second-order valence-electron chi connectivity index (χ2n) is 4.60. The molecule has 16 heavy (non-hydrogen) atoms. The maximum atomic E-state index is 9.43. The van der Waals surface area contributed by atoms with Crippen molar-refractivity contribution in [1.82, 2.24) is 4.90 Å². The molecule has 0 aromatic heterocycles. The molecule has 1 aromatic carbocycles. The van der Waals surface area contributed by atoms with E-state index in [0.717, 1.165) is 37.5 Å². The van der Waals surface area contributed by atoms with Gasteiger partial charge in [0.05, 0.1) is 6.10 Å². The highest BCUT2D eigenvalue weighted by Crippen LogP contribution is 2.21. The minimum atomic E-state index is -0.107. The molecular formula is C13H18ClNO. The van der Waals surface area contributed by atoms with Crippen LogP contribution < -0.4 is 0 Å². The van der Waals surface area contributed by atoms with Gasteiger partial charge in [0.1, 0.15) is 0 Å². The van der Waals surface area contributed by atoms with E-state index in [1.807, 2.05) is 13.0 Å². The molecule has 3 heteroatoms. The summed E-state index contributed by atoms with van der Waals surface area (Å²) in [5.74, 6) is 0. The SMILES string of the molecule is Cc1ccc(CN2CCC(O)CC2)c(Cl)c1. The van der Waals surface area contributed by atoms with Gasteiger partial charge >= 0.3 is 0 Å². The van der Waals surface area contributed by atoms with Crippen molar-refractivity contribution < 1.29 is 5.11 Å². The standard InChI is InChI=1S/C13H18ClNO/c1-10-2-3-11(13(14)8-10)9-15-6-4-12(16)5-7-15/h2-3,8,12,16H,4-7,9H2,1H3. The summed E-state index contributed by atoms with van der Waals surface area (Å²) in [5, 5.41) is 10.3. The predicted molar refractivity (Wildman–Crippen MR) is 66.7 cm³/mol. The Labute approximate surface area is 102 Å². The molecular weight excluding hydrogens is 222 g/mol. The fraction of sp³-hybridized carbons (Fsp3) is 0.538. The van der Waals surface area contributed by atoms with Gasteiger partial charge in [-0.3, -0.25) is 4.90 Å². The van der Waals surface area contributed by atoms with Gasteiger partial charge in [0.2, 0.25) is 0 Å². The van der Waals surface area contributed by atoms with Crippen molar-refractivity contribution >= 4 is 11.6 Å². The normalized spacial score (nSPS) is 18.9. The molecule has 1 aliphatic heterocycles. The number of halogens is 1. The topological polar surface area (TPSA) is 23.5 Å². The van der Waals surface area contributed by atoms with Crippen molar-refractivity contribution in [2.24, 2.45) is 0 Å². The Morgan fingerprint density at radius 2 is 2.06 bits per heavy atom. The van der Waals surface area contributed by atoms with E-state index in [1.165, 1.54) is 11.1 Å². The monoisotopic (exact) mass is 239 g/mol. The smallest absolute Gasteiger partial charge is 0.0564 e. The summed E-state index contributed by atoms with van der Waals surface area (Å²) in [6, 6.07) is 6.21. The van der Waals surface area contributed by atoms with Crippen molar-refractivity contribution in [2.45, 2.75) is 32.4 Å². The van der Waals surface area contributed by atoms with Gasteiger partial charge in [-0.2, -0.15) is 0 Å². The van der Waals surface area contributed by atoms with Crippen LogP contribution in [0.2, 0.25) is 5.02 Å². The second-order valence-corrected chi connectivity index (χ2v) is 5.01. The van der Waals surface area contributed by atoms with Crippen LogP contribution in [0.25, 0.3) is 0 Å². The molecule has 0 spiro atoms. The van der Waals surface area contributed by atoms with E-state index in [-0.39, 0.29) is 6.10 Å². The fourth-order valence-electron chi connectivity index (χ4n) is 2.10. The first-order chi connectivity index (χ1) is 7.65. The molecule has 0 bridgehead atoms. The molecule has 0 aliphatic carbocycles. The molecule has 1 aliphatic rings. The number of aliphatic hydroxyl groups excluding tert-OH is 1. The summed E-state index contributed by atoms with van der Waals surface area (Å²) in [6.07, 6.45) is 1.65. The maximum Gasteiger partial charge on any atom is 0.0564 e. The van der Waals surface area contributed by atoms with E-state index in [2.05, 4.69) is 17.0 Å². The van der Waals surface area contributed by atoms with Crippen LogP contribution in [0.15, 0.2) is 18.2 Å². The van der Waals surface area contributed by atoms with E-state index in [9.17, 15) is 5.11 Å². The maximum absolute atomic E-state index is 9.43. The number of aliphatic hydroxyl groups is 1. The molecule has 2 nitrogen and oxygen atoms in total. The Balaban J connectivity index is 1.98. The van der Waals surface area contributed by atoms with Crippen LogP contribution in [-0.2, 0) is 6.54 Å². The lowest BCUT2D eigenvalue weighted by molar-refractivity contribution is 0.0792. The minimum absolute atomic E-state index is 0.107. The largest absolute Gasteiger partial charge is 0.393 e. The highest BCUT2D eigenvalue weighted by molar-refractivity contribution is 6.31. The molecule has 0 unspecified atom stereocenters. The lowest BCUT2D eigenvalue weighted by Crippen LogP contribution is -2.35. The van der Waals surface area contributed by atoms with Crippen LogP contribution in [0.4, 0.5) is 0 Å². The van der Waals surface area contributed by atoms with Crippen LogP contribution in [0.5, 0.6) is 0 Å². The zero-order valence-electron chi connectivity index (χ0n) is 9.62. The summed E-state index contributed by atoms with van der Waals surface area (Å²) in [5.41, 5.74) is 2.38. The van der Waals surface area contributed by atoms with Crippen LogP contribution in [0, 0.1) is 6.92 Å². The van der Waals surface area contributed by atoms with Crippen LogP contribution >= 0.6 is 11.6 Å².